The molecule has 0 bridgehead atoms. The van der Waals surface area contributed by atoms with Crippen molar-refractivity contribution in [1.29, 1.82) is 0 Å². The summed E-state index contributed by atoms with van der Waals surface area (Å²) in [4.78, 5) is 0. The first-order valence-electron chi connectivity index (χ1n) is 5.38. The zero-order valence-electron chi connectivity index (χ0n) is 9.20. The fourth-order valence-electron chi connectivity index (χ4n) is 1.71. The molecule has 0 amide bonds. The molecule has 1 atom stereocenters. The molecular weight excluding hydrogens is 257 g/mol. The van der Waals surface area contributed by atoms with Gasteiger partial charge in [0, 0.05) is 16.6 Å². The standard InChI is InChI=1S/C13H13ClFNS/c14-10-2-3-12(15)11(7-10)13(16)4-1-9-5-6-17-8-9/h2-3,5-8,13H,1,4,16H2. The van der Waals surface area contributed by atoms with Crippen molar-refractivity contribution in [2.75, 3.05) is 0 Å². The van der Waals surface area contributed by atoms with Crippen molar-refractivity contribution in [3.8, 4) is 0 Å². The van der Waals surface area contributed by atoms with Gasteiger partial charge < -0.3 is 5.73 Å². The van der Waals surface area contributed by atoms with Gasteiger partial charge in [-0.05, 0) is 53.4 Å². The molecule has 1 unspecified atom stereocenters. The molecule has 1 aromatic heterocycles. The van der Waals surface area contributed by atoms with Gasteiger partial charge in [-0.1, -0.05) is 11.6 Å². The van der Waals surface area contributed by atoms with Gasteiger partial charge in [0.25, 0.3) is 0 Å². The Morgan fingerprint density at radius 1 is 1.35 bits per heavy atom. The van der Waals surface area contributed by atoms with Crippen LogP contribution in [0.5, 0.6) is 0 Å². The molecule has 0 spiro atoms. The first-order valence-corrected chi connectivity index (χ1v) is 6.70. The minimum absolute atomic E-state index is 0.285. The molecule has 1 heterocycles. The van der Waals surface area contributed by atoms with Gasteiger partial charge in [-0.3, -0.25) is 0 Å². The lowest BCUT2D eigenvalue weighted by atomic mass is 10.0. The molecule has 90 valence electrons. The van der Waals surface area contributed by atoms with E-state index in [9.17, 15) is 4.39 Å². The number of hydrogen-bond acceptors (Lipinski definition) is 2. The average Bonchev–Trinajstić information content (AvgIpc) is 2.82. The number of nitrogens with two attached hydrogens (primary N) is 1. The summed E-state index contributed by atoms with van der Waals surface area (Å²) < 4.78 is 13.5. The van der Waals surface area contributed by atoms with Gasteiger partial charge in [0.2, 0.25) is 0 Å². The average molecular weight is 270 g/mol. The number of aryl methyl sites for hydroxylation is 1. The van der Waals surface area contributed by atoms with E-state index in [1.165, 1.54) is 17.7 Å². The van der Waals surface area contributed by atoms with Crippen molar-refractivity contribution in [2.45, 2.75) is 18.9 Å². The second-order valence-corrected chi connectivity index (χ2v) is 5.16. The van der Waals surface area contributed by atoms with Crippen LogP contribution in [-0.4, -0.2) is 0 Å². The van der Waals surface area contributed by atoms with Crippen LogP contribution in [0, 0.1) is 5.82 Å². The van der Waals surface area contributed by atoms with Crippen molar-refractivity contribution in [3.05, 3.63) is 57.0 Å². The summed E-state index contributed by atoms with van der Waals surface area (Å²) >= 11 is 7.50. The van der Waals surface area contributed by atoms with Gasteiger partial charge in [0.15, 0.2) is 0 Å². The van der Waals surface area contributed by atoms with E-state index in [-0.39, 0.29) is 11.9 Å². The van der Waals surface area contributed by atoms with E-state index >= 15 is 0 Å². The molecule has 2 N–H and O–H groups in total. The van der Waals surface area contributed by atoms with Crippen LogP contribution in [0.15, 0.2) is 35.0 Å². The maximum Gasteiger partial charge on any atom is 0.128 e. The summed E-state index contributed by atoms with van der Waals surface area (Å²) in [6.45, 7) is 0. The van der Waals surface area contributed by atoms with Crippen molar-refractivity contribution < 1.29 is 4.39 Å². The fourth-order valence-corrected chi connectivity index (χ4v) is 2.60. The number of benzene rings is 1. The Labute approximate surface area is 109 Å². The van der Waals surface area contributed by atoms with E-state index < -0.39 is 0 Å². The lowest BCUT2D eigenvalue weighted by Gasteiger charge is -2.12. The summed E-state index contributed by atoms with van der Waals surface area (Å²) in [6, 6.07) is 6.25. The molecule has 4 heteroatoms. The predicted octanol–water partition coefficient (Wildman–Crippen LogP) is 4.17. The van der Waals surface area contributed by atoms with Gasteiger partial charge in [-0.2, -0.15) is 11.3 Å². The first-order chi connectivity index (χ1) is 8.16. The molecule has 0 aliphatic heterocycles. The Kier molecular flexibility index (Phi) is 4.15. The number of rotatable bonds is 4. The Morgan fingerprint density at radius 3 is 2.88 bits per heavy atom. The third-order valence-electron chi connectivity index (χ3n) is 2.68. The van der Waals surface area contributed by atoms with E-state index in [4.69, 9.17) is 17.3 Å². The van der Waals surface area contributed by atoms with E-state index in [0.29, 0.717) is 17.0 Å². The summed E-state index contributed by atoms with van der Waals surface area (Å²) in [7, 11) is 0. The number of thiophene rings is 1. The van der Waals surface area contributed by atoms with Crippen molar-refractivity contribution in [2.24, 2.45) is 5.73 Å². The molecule has 0 fully saturated rings. The molecule has 0 aliphatic carbocycles. The van der Waals surface area contributed by atoms with Gasteiger partial charge in [0.05, 0.1) is 0 Å². The third kappa shape index (κ3) is 3.28. The monoisotopic (exact) mass is 269 g/mol. The quantitative estimate of drug-likeness (QED) is 0.886. The second-order valence-electron chi connectivity index (χ2n) is 3.94. The highest BCUT2D eigenvalue weighted by atomic mass is 35.5. The topological polar surface area (TPSA) is 26.0 Å². The van der Waals surface area contributed by atoms with Gasteiger partial charge in [-0.25, -0.2) is 4.39 Å². The normalized spacial score (nSPS) is 12.6. The predicted molar refractivity (Wildman–Crippen MR) is 71.0 cm³/mol. The van der Waals surface area contributed by atoms with Crippen LogP contribution < -0.4 is 5.73 Å². The van der Waals surface area contributed by atoms with Crippen LogP contribution in [0.1, 0.15) is 23.6 Å². The Bertz CT molecular complexity index is 484. The zero-order valence-corrected chi connectivity index (χ0v) is 10.8. The van der Waals surface area contributed by atoms with Gasteiger partial charge in [0.1, 0.15) is 5.82 Å². The van der Waals surface area contributed by atoms with E-state index in [1.807, 2.05) is 5.38 Å². The molecule has 0 saturated heterocycles. The van der Waals surface area contributed by atoms with Crippen molar-refractivity contribution in [3.63, 3.8) is 0 Å². The fraction of sp³-hybridized carbons (Fsp3) is 0.231. The summed E-state index contributed by atoms with van der Waals surface area (Å²) in [6.07, 6.45) is 1.57. The highest BCUT2D eigenvalue weighted by Crippen LogP contribution is 2.23. The summed E-state index contributed by atoms with van der Waals surface area (Å²) in [5.74, 6) is -0.285. The van der Waals surface area contributed by atoms with Crippen LogP contribution in [-0.2, 0) is 6.42 Å². The van der Waals surface area contributed by atoms with Crippen LogP contribution in [0.3, 0.4) is 0 Å². The Hall–Kier alpha value is -0.900. The van der Waals surface area contributed by atoms with Gasteiger partial charge >= 0.3 is 0 Å². The Balaban J connectivity index is 2.04. The highest BCUT2D eigenvalue weighted by Gasteiger charge is 2.12. The van der Waals surface area contributed by atoms with Gasteiger partial charge in [-0.15, -0.1) is 0 Å². The maximum absolute atomic E-state index is 13.5. The van der Waals surface area contributed by atoms with Crippen LogP contribution in [0.4, 0.5) is 4.39 Å². The van der Waals surface area contributed by atoms with Crippen LogP contribution in [0.2, 0.25) is 5.02 Å². The zero-order chi connectivity index (χ0) is 12.3. The van der Waals surface area contributed by atoms with Crippen molar-refractivity contribution >= 4 is 22.9 Å². The van der Waals surface area contributed by atoms with Crippen molar-refractivity contribution in [1.82, 2.24) is 0 Å². The first kappa shape index (κ1) is 12.6. The molecule has 0 saturated carbocycles. The molecule has 2 rings (SSSR count). The lowest BCUT2D eigenvalue weighted by Crippen LogP contribution is -2.13. The highest BCUT2D eigenvalue weighted by molar-refractivity contribution is 7.07. The molecule has 1 aromatic carbocycles. The molecule has 0 radical (unpaired) electrons. The van der Waals surface area contributed by atoms with E-state index in [0.717, 1.165) is 6.42 Å². The second kappa shape index (κ2) is 5.63. The number of hydrogen-bond donors (Lipinski definition) is 1. The molecule has 17 heavy (non-hydrogen) atoms. The third-order valence-corrected chi connectivity index (χ3v) is 3.65. The van der Waals surface area contributed by atoms with Crippen LogP contribution in [0.25, 0.3) is 0 Å². The smallest absolute Gasteiger partial charge is 0.128 e. The van der Waals surface area contributed by atoms with Crippen LogP contribution >= 0.6 is 22.9 Å². The minimum atomic E-state index is -0.311. The number of halogens is 2. The Morgan fingerprint density at radius 2 is 2.18 bits per heavy atom. The summed E-state index contributed by atoms with van der Waals surface area (Å²) in [5, 5.41) is 4.63. The van der Waals surface area contributed by atoms with E-state index in [1.54, 1.807) is 17.4 Å². The lowest BCUT2D eigenvalue weighted by molar-refractivity contribution is 0.564. The molecule has 0 aliphatic rings. The minimum Gasteiger partial charge on any atom is -0.324 e. The van der Waals surface area contributed by atoms with E-state index in [2.05, 4.69) is 11.4 Å². The largest absolute Gasteiger partial charge is 0.324 e. The summed E-state index contributed by atoms with van der Waals surface area (Å²) in [5.41, 5.74) is 7.72. The molecule has 1 nitrogen and oxygen atoms in total. The maximum atomic E-state index is 13.5. The molecule has 2 aromatic rings. The SMILES string of the molecule is NC(CCc1ccsc1)c1cc(Cl)ccc1F. The molecular formula is C13H13ClFNS.